The summed E-state index contributed by atoms with van der Waals surface area (Å²) in [6.45, 7) is 1.06. The molecule has 2 atom stereocenters. The standard InChI is InChI=1S/C10H18N2O/c11-10(13)8-2-1-5-12-9(8)6-7-3-4-7/h7-9,12H,1-6H2,(H2,11,13). The number of primary amides is 1. The van der Waals surface area contributed by atoms with Gasteiger partial charge in [-0.3, -0.25) is 4.79 Å². The SMILES string of the molecule is NC(=O)C1CCCNC1CC1CC1. The molecule has 74 valence electrons. The van der Waals surface area contributed by atoms with Crippen molar-refractivity contribution in [3.8, 4) is 0 Å². The molecule has 0 aromatic carbocycles. The molecule has 1 saturated heterocycles. The average Bonchev–Trinajstić information content (AvgIpc) is 2.89. The summed E-state index contributed by atoms with van der Waals surface area (Å²) in [5.74, 6) is 0.852. The lowest BCUT2D eigenvalue weighted by molar-refractivity contribution is -0.123. The average molecular weight is 182 g/mol. The number of amides is 1. The number of carbonyl (C=O) groups is 1. The van der Waals surface area contributed by atoms with Crippen molar-refractivity contribution in [2.75, 3.05) is 6.54 Å². The van der Waals surface area contributed by atoms with E-state index in [-0.39, 0.29) is 11.8 Å². The summed E-state index contributed by atoms with van der Waals surface area (Å²) in [6, 6.07) is 0.374. The molecule has 3 heteroatoms. The molecule has 3 nitrogen and oxygen atoms in total. The van der Waals surface area contributed by atoms with E-state index in [4.69, 9.17) is 5.73 Å². The van der Waals surface area contributed by atoms with Crippen LogP contribution in [0.15, 0.2) is 0 Å². The van der Waals surface area contributed by atoms with E-state index in [0.29, 0.717) is 6.04 Å². The molecule has 0 spiro atoms. The van der Waals surface area contributed by atoms with Gasteiger partial charge in [0.25, 0.3) is 0 Å². The highest BCUT2D eigenvalue weighted by atomic mass is 16.1. The molecular formula is C10H18N2O. The number of hydrogen-bond acceptors (Lipinski definition) is 2. The van der Waals surface area contributed by atoms with Gasteiger partial charge in [-0.15, -0.1) is 0 Å². The summed E-state index contributed by atoms with van der Waals surface area (Å²) in [7, 11) is 0. The molecule has 2 fully saturated rings. The highest BCUT2D eigenvalue weighted by Crippen LogP contribution is 2.36. The molecule has 1 saturated carbocycles. The van der Waals surface area contributed by atoms with Crippen LogP contribution in [0.2, 0.25) is 0 Å². The molecule has 1 amide bonds. The fourth-order valence-electron chi connectivity index (χ4n) is 2.25. The number of nitrogens with one attached hydrogen (secondary N) is 1. The fraction of sp³-hybridized carbons (Fsp3) is 0.900. The second-order valence-electron chi connectivity index (χ2n) is 4.39. The van der Waals surface area contributed by atoms with Crippen LogP contribution in [0.3, 0.4) is 0 Å². The van der Waals surface area contributed by atoms with Crippen molar-refractivity contribution in [1.82, 2.24) is 5.32 Å². The van der Waals surface area contributed by atoms with Crippen LogP contribution in [0.4, 0.5) is 0 Å². The van der Waals surface area contributed by atoms with Gasteiger partial charge in [0, 0.05) is 6.04 Å². The largest absolute Gasteiger partial charge is 0.369 e. The Labute approximate surface area is 79.1 Å². The second kappa shape index (κ2) is 3.66. The Morgan fingerprint density at radius 2 is 2.15 bits per heavy atom. The number of nitrogens with two attached hydrogens (primary N) is 1. The second-order valence-corrected chi connectivity index (χ2v) is 4.39. The lowest BCUT2D eigenvalue weighted by Gasteiger charge is -2.30. The third-order valence-electron chi connectivity index (χ3n) is 3.23. The maximum Gasteiger partial charge on any atom is 0.222 e. The first-order chi connectivity index (χ1) is 6.27. The van der Waals surface area contributed by atoms with Gasteiger partial charge in [-0.1, -0.05) is 12.8 Å². The number of piperidine rings is 1. The Hall–Kier alpha value is -0.570. The van der Waals surface area contributed by atoms with Gasteiger partial charge in [0.2, 0.25) is 5.91 Å². The molecule has 2 rings (SSSR count). The van der Waals surface area contributed by atoms with E-state index in [0.717, 1.165) is 31.7 Å². The van der Waals surface area contributed by atoms with Crippen molar-refractivity contribution in [2.45, 2.75) is 38.1 Å². The van der Waals surface area contributed by atoms with Gasteiger partial charge in [-0.2, -0.15) is 0 Å². The smallest absolute Gasteiger partial charge is 0.222 e. The van der Waals surface area contributed by atoms with E-state index in [1.54, 1.807) is 0 Å². The minimum absolute atomic E-state index is 0.0920. The van der Waals surface area contributed by atoms with Gasteiger partial charge < -0.3 is 11.1 Å². The third-order valence-corrected chi connectivity index (χ3v) is 3.23. The van der Waals surface area contributed by atoms with E-state index in [1.807, 2.05) is 0 Å². The van der Waals surface area contributed by atoms with Crippen molar-refractivity contribution in [3.63, 3.8) is 0 Å². The van der Waals surface area contributed by atoms with Crippen LogP contribution in [0, 0.1) is 11.8 Å². The van der Waals surface area contributed by atoms with E-state index in [2.05, 4.69) is 5.32 Å². The fourth-order valence-corrected chi connectivity index (χ4v) is 2.25. The Balaban J connectivity index is 1.90. The first kappa shape index (κ1) is 9.00. The molecule has 0 aromatic rings. The van der Waals surface area contributed by atoms with Gasteiger partial charge in [-0.25, -0.2) is 0 Å². The third kappa shape index (κ3) is 2.21. The lowest BCUT2D eigenvalue weighted by Crippen LogP contribution is -2.47. The quantitative estimate of drug-likeness (QED) is 0.673. The molecule has 0 bridgehead atoms. The van der Waals surface area contributed by atoms with E-state index in [9.17, 15) is 4.79 Å². The molecule has 1 aliphatic heterocycles. The normalized spacial score (nSPS) is 34.5. The molecule has 1 aliphatic carbocycles. The van der Waals surface area contributed by atoms with Crippen LogP contribution >= 0.6 is 0 Å². The van der Waals surface area contributed by atoms with Crippen molar-refractivity contribution in [3.05, 3.63) is 0 Å². The first-order valence-electron chi connectivity index (χ1n) is 5.30. The number of hydrogen-bond donors (Lipinski definition) is 2. The minimum atomic E-state index is -0.113. The predicted octanol–water partition coefficient (Wildman–Crippen LogP) is 0.640. The first-order valence-corrected chi connectivity index (χ1v) is 5.30. The molecular weight excluding hydrogens is 164 g/mol. The van der Waals surface area contributed by atoms with E-state index < -0.39 is 0 Å². The van der Waals surface area contributed by atoms with Crippen LogP contribution in [-0.2, 0) is 4.79 Å². The molecule has 1 heterocycles. The molecule has 13 heavy (non-hydrogen) atoms. The maximum absolute atomic E-state index is 11.1. The minimum Gasteiger partial charge on any atom is -0.369 e. The van der Waals surface area contributed by atoms with Gasteiger partial charge >= 0.3 is 0 Å². The molecule has 0 aromatic heterocycles. The maximum atomic E-state index is 11.1. The van der Waals surface area contributed by atoms with Crippen molar-refractivity contribution in [2.24, 2.45) is 17.6 Å². The highest BCUT2D eigenvalue weighted by molar-refractivity contribution is 5.77. The van der Waals surface area contributed by atoms with Crippen molar-refractivity contribution >= 4 is 5.91 Å². The van der Waals surface area contributed by atoms with Gasteiger partial charge in [0.15, 0.2) is 0 Å². The van der Waals surface area contributed by atoms with Crippen molar-refractivity contribution < 1.29 is 4.79 Å². The molecule has 3 N–H and O–H groups in total. The summed E-state index contributed by atoms with van der Waals surface area (Å²) in [5, 5.41) is 3.42. The zero-order valence-corrected chi connectivity index (χ0v) is 7.96. The zero-order chi connectivity index (χ0) is 9.26. The molecule has 2 aliphatic rings. The van der Waals surface area contributed by atoms with Crippen LogP contribution in [-0.4, -0.2) is 18.5 Å². The number of rotatable bonds is 3. The Morgan fingerprint density at radius 1 is 1.38 bits per heavy atom. The highest BCUT2D eigenvalue weighted by Gasteiger charge is 2.33. The van der Waals surface area contributed by atoms with Crippen LogP contribution in [0.1, 0.15) is 32.1 Å². The van der Waals surface area contributed by atoms with E-state index >= 15 is 0 Å². The monoisotopic (exact) mass is 182 g/mol. The summed E-state index contributed by atoms with van der Waals surface area (Å²) < 4.78 is 0. The molecule has 2 unspecified atom stereocenters. The summed E-state index contributed by atoms with van der Waals surface area (Å²) in [5.41, 5.74) is 5.37. The van der Waals surface area contributed by atoms with Crippen LogP contribution < -0.4 is 11.1 Å². The Kier molecular flexibility index (Phi) is 2.54. The van der Waals surface area contributed by atoms with Crippen molar-refractivity contribution in [1.29, 1.82) is 0 Å². The summed E-state index contributed by atoms with van der Waals surface area (Å²) >= 11 is 0. The Bertz CT molecular complexity index is 201. The molecule has 0 radical (unpaired) electrons. The Morgan fingerprint density at radius 3 is 2.77 bits per heavy atom. The topological polar surface area (TPSA) is 55.1 Å². The number of carbonyl (C=O) groups excluding carboxylic acids is 1. The van der Waals surface area contributed by atoms with E-state index in [1.165, 1.54) is 12.8 Å². The van der Waals surface area contributed by atoms with Crippen LogP contribution in [0.5, 0.6) is 0 Å². The summed E-state index contributed by atoms with van der Waals surface area (Å²) in [4.78, 5) is 11.1. The van der Waals surface area contributed by atoms with Gasteiger partial charge in [0.05, 0.1) is 5.92 Å². The van der Waals surface area contributed by atoms with Gasteiger partial charge in [0.1, 0.15) is 0 Å². The zero-order valence-electron chi connectivity index (χ0n) is 7.96. The predicted molar refractivity (Wildman–Crippen MR) is 51.1 cm³/mol. The lowest BCUT2D eigenvalue weighted by atomic mass is 9.87. The van der Waals surface area contributed by atoms with Gasteiger partial charge in [-0.05, 0) is 31.7 Å². The summed E-state index contributed by atoms with van der Waals surface area (Å²) in [6.07, 6.45) is 5.94. The van der Waals surface area contributed by atoms with Crippen LogP contribution in [0.25, 0.3) is 0 Å².